The number of halogens is 1. The minimum atomic E-state index is 0.0141. The Kier molecular flexibility index (Phi) is 6.64. The fraction of sp³-hybridized carbons (Fsp3) is 0.381. The zero-order valence-corrected chi connectivity index (χ0v) is 18.2. The monoisotopic (exact) mass is 446 g/mol. The third-order valence-corrected chi connectivity index (χ3v) is 6.05. The molecule has 3 aromatic rings. The summed E-state index contributed by atoms with van der Waals surface area (Å²) in [6.45, 7) is 1.48. The van der Waals surface area contributed by atoms with Crippen molar-refractivity contribution in [3.05, 3.63) is 59.3 Å². The lowest BCUT2D eigenvalue weighted by atomic mass is 10.3. The van der Waals surface area contributed by atoms with Crippen molar-refractivity contribution < 1.29 is 13.9 Å². The summed E-state index contributed by atoms with van der Waals surface area (Å²) in [6.07, 6.45) is 3.93. The van der Waals surface area contributed by atoms with Crippen molar-refractivity contribution in [1.82, 2.24) is 19.7 Å². The van der Waals surface area contributed by atoms with Crippen LogP contribution in [0, 0.1) is 0 Å². The molecule has 9 heteroatoms. The van der Waals surface area contributed by atoms with Crippen LogP contribution < -0.4 is 4.74 Å². The van der Waals surface area contributed by atoms with E-state index >= 15 is 0 Å². The molecule has 7 nitrogen and oxygen atoms in total. The van der Waals surface area contributed by atoms with Crippen LogP contribution in [0.2, 0.25) is 5.02 Å². The molecule has 4 rings (SSSR count). The number of furan rings is 1. The van der Waals surface area contributed by atoms with Gasteiger partial charge in [0.2, 0.25) is 5.91 Å². The quantitative estimate of drug-likeness (QED) is 0.437. The van der Waals surface area contributed by atoms with E-state index in [1.807, 2.05) is 24.3 Å². The van der Waals surface area contributed by atoms with E-state index in [0.29, 0.717) is 36.4 Å². The molecule has 0 N–H and O–H groups in total. The second-order valence-electron chi connectivity index (χ2n) is 7.19. The second-order valence-corrected chi connectivity index (χ2v) is 8.57. The van der Waals surface area contributed by atoms with Gasteiger partial charge in [0.05, 0.1) is 25.1 Å². The van der Waals surface area contributed by atoms with Gasteiger partial charge in [0.15, 0.2) is 5.16 Å². The molecule has 30 heavy (non-hydrogen) atoms. The van der Waals surface area contributed by atoms with Gasteiger partial charge in [-0.1, -0.05) is 23.4 Å². The van der Waals surface area contributed by atoms with Crippen molar-refractivity contribution in [3.63, 3.8) is 0 Å². The third kappa shape index (κ3) is 5.37. The first-order valence-electron chi connectivity index (χ1n) is 9.81. The zero-order chi connectivity index (χ0) is 20.9. The molecule has 1 saturated carbocycles. The topological polar surface area (TPSA) is 73.4 Å². The maximum atomic E-state index is 12.5. The smallest absolute Gasteiger partial charge is 0.232 e. The van der Waals surface area contributed by atoms with Crippen molar-refractivity contribution >= 4 is 29.3 Å². The van der Waals surface area contributed by atoms with Crippen LogP contribution in [0.25, 0.3) is 0 Å². The molecular weight excluding hydrogens is 424 g/mol. The first-order chi connectivity index (χ1) is 14.6. The molecule has 1 amide bonds. The number of hydrogen-bond donors (Lipinski definition) is 0. The Labute approximate surface area is 184 Å². The largest absolute Gasteiger partial charge is 0.492 e. The number of ether oxygens (including phenoxy) is 1. The molecule has 158 valence electrons. The summed E-state index contributed by atoms with van der Waals surface area (Å²) >= 11 is 7.27. The van der Waals surface area contributed by atoms with Gasteiger partial charge in [-0.2, -0.15) is 0 Å². The Morgan fingerprint density at radius 3 is 2.80 bits per heavy atom. The molecule has 1 aliphatic carbocycles. The number of amides is 1. The lowest BCUT2D eigenvalue weighted by Gasteiger charge is -2.17. The van der Waals surface area contributed by atoms with E-state index in [2.05, 4.69) is 14.8 Å². The number of aromatic nitrogens is 3. The summed E-state index contributed by atoms with van der Waals surface area (Å²) in [5, 5.41) is 10.1. The lowest BCUT2D eigenvalue weighted by Crippen LogP contribution is -2.32. The molecule has 0 bridgehead atoms. The minimum absolute atomic E-state index is 0.0141. The summed E-state index contributed by atoms with van der Waals surface area (Å²) in [5.74, 6) is 3.32. The van der Waals surface area contributed by atoms with Gasteiger partial charge in [-0.25, -0.2) is 0 Å². The number of carbonyl (C=O) groups is 1. The molecule has 1 aliphatic rings. The van der Waals surface area contributed by atoms with E-state index in [-0.39, 0.29) is 5.91 Å². The lowest BCUT2D eigenvalue weighted by molar-refractivity contribution is -0.127. The summed E-state index contributed by atoms with van der Waals surface area (Å²) in [4.78, 5) is 14.2. The van der Waals surface area contributed by atoms with Crippen molar-refractivity contribution in [3.8, 4) is 5.75 Å². The Balaban J connectivity index is 1.29. The number of hydrogen-bond acceptors (Lipinski definition) is 6. The summed E-state index contributed by atoms with van der Waals surface area (Å²) in [7, 11) is 1.78. The first kappa shape index (κ1) is 20.8. The van der Waals surface area contributed by atoms with Gasteiger partial charge in [0, 0.05) is 18.0 Å². The average molecular weight is 447 g/mol. The Morgan fingerprint density at radius 2 is 2.10 bits per heavy atom. The van der Waals surface area contributed by atoms with E-state index in [4.69, 9.17) is 20.8 Å². The van der Waals surface area contributed by atoms with Gasteiger partial charge in [-0.05, 0) is 49.2 Å². The van der Waals surface area contributed by atoms with Crippen LogP contribution in [-0.4, -0.2) is 51.5 Å². The van der Waals surface area contributed by atoms with Crippen LogP contribution in [0.5, 0.6) is 5.75 Å². The van der Waals surface area contributed by atoms with E-state index in [1.165, 1.54) is 11.8 Å². The van der Waals surface area contributed by atoms with Gasteiger partial charge in [0.1, 0.15) is 23.9 Å². The van der Waals surface area contributed by atoms with E-state index in [9.17, 15) is 4.79 Å². The highest BCUT2D eigenvalue weighted by molar-refractivity contribution is 7.99. The van der Waals surface area contributed by atoms with E-state index in [1.54, 1.807) is 30.3 Å². The molecule has 1 aromatic carbocycles. The normalized spacial score (nSPS) is 13.4. The van der Waals surface area contributed by atoms with Crippen molar-refractivity contribution in [2.45, 2.75) is 30.5 Å². The second kappa shape index (κ2) is 9.57. The third-order valence-electron chi connectivity index (χ3n) is 4.84. The van der Waals surface area contributed by atoms with E-state index < -0.39 is 0 Å². The van der Waals surface area contributed by atoms with Gasteiger partial charge >= 0.3 is 0 Å². The fourth-order valence-electron chi connectivity index (χ4n) is 2.95. The average Bonchev–Trinajstić information content (AvgIpc) is 3.31. The zero-order valence-electron chi connectivity index (χ0n) is 16.7. The van der Waals surface area contributed by atoms with Gasteiger partial charge < -0.3 is 14.1 Å². The standard InChI is InChI=1S/C21H23ClN4O3S/c1-25(10-12-29-17-8-6-16(22)7-9-17)19(27)14-30-21-24-23-20(15-4-5-15)26(21)13-18-3-2-11-28-18/h2-3,6-9,11,15H,4-5,10,12-14H2,1H3. The van der Waals surface area contributed by atoms with Crippen LogP contribution in [-0.2, 0) is 11.3 Å². The number of nitrogens with zero attached hydrogens (tertiary/aromatic N) is 4. The Bertz CT molecular complexity index is 971. The summed E-state index contributed by atoms with van der Waals surface area (Å²) in [6, 6.07) is 11.0. The predicted octanol–water partition coefficient (Wildman–Crippen LogP) is 4.08. The predicted molar refractivity (Wildman–Crippen MR) is 115 cm³/mol. The van der Waals surface area contributed by atoms with Crippen molar-refractivity contribution in [2.24, 2.45) is 0 Å². The number of benzene rings is 1. The molecule has 1 fully saturated rings. The van der Waals surface area contributed by atoms with Crippen LogP contribution >= 0.6 is 23.4 Å². The molecule has 0 spiro atoms. The highest BCUT2D eigenvalue weighted by Crippen LogP contribution is 2.40. The highest BCUT2D eigenvalue weighted by Gasteiger charge is 2.31. The maximum Gasteiger partial charge on any atom is 0.232 e. The molecule has 2 aromatic heterocycles. The number of likely N-dealkylation sites (N-methyl/N-ethyl adjacent to an activating group) is 1. The summed E-state index contributed by atoms with van der Waals surface area (Å²) < 4.78 is 13.2. The Morgan fingerprint density at radius 1 is 1.30 bits per heavy atom. The highest BCUT2D eigenvalue weighted by atomic mass is 35.5. The van der Waals surface area contributed by atoms with Crippen molar-refractivity contribution in [1.29, 1.82) is 0 Å². The van der Waals surface area contributed by atoms with Crippen molar-refractivity contribution in [2.75, 3.05) is 26.0 Å². The molecule has 0 aliphatic heterocycles. The maximum absolute atomic E-state index is 12.5. The van der Waals surface area contributed by atoms with E-state index in [0.717, 1.165) is 35.3 Å². The number of carbonyl (C=O) groups excluding carboxylic acids is 1. The molecule has 0 radical (unpaired) electrons. The van der Waals surface area contributed by atoms with Crippen LogP contribution in [0.4, 0.5) is 0 Å². The van der Waals surface area contributed by atoms with Crippen LogP contribution in [0.3, 0.4) is 0 Å². The molecule has 2 heterocycles. The Hall–Kier alpha value is -2.45. The van der Waals surface area contributed by atoms with Crippen LogP contribution in [0.15, 0.2) is 52.2 Å². The minimum Gasteiger partial charge on any atom is -0.492 e. The number of rotatable bonds is 10. The van der Waals surface area contributed by atoms with Gasteiger partial charge in [0.25, 0.3) is 0 Å². The molecule has 0 saturated heterocycles. The summed E-state index contributed by atoms with van der Waals surface area (Å²) in [5.41, 5.74) is 0. The van der Waals surface area contributed by atoms with Crippen LogP contribution in [0.1, 0.15) is 30.3 Å². The molecule has 0 unspecified atom stereocenters. The van der Waals surface area contributed by atoms with Gasteiger partial charge in [-0.3, -0.25) is 9.36 Å². The van der Waals surface area contributed by atoms with Gasteiger partial charge in [-0.15, -0.1) is 10.2 Å². The molecule has 0 atom stereocenters. The molecular formula is C21H23ClN4O3S. The number of thioether (sulfide) groups is 1. The fourth-order valence-corrected chi connectivity index (χ4v) is 3.96. The SMILES string of the molecule is CN(CCOc1ccc(Cl)cc1)C(=O)CSc1nnc(C2CC2)n1Cc1ccco1. The first-order valence-corrected chi connectivity index (χ1v) is 11.2.